The minimum Gasteiger partial charge on any atom is -0.497 e. The number of hydrogen-bond acceptors (Lipinski definition) is 7. The van der Waals surface area contributed by atoms with Crippen molar-refractivity contribution in [2.24, 2.45) is 5.92 Å². The molecule has 12 heteroatoms. The van der Waals surface area contributed by atoms with Gasteiger partial charge in [-0.2, -0.15) is 0 Å². The molecule has 5 amide bonds. The summed E-state index contributed by atoms with van der Waals surface area (Å²) in [4.78, 5) is 52.7. The molecule has 11 nitrogen and oxygen atoms in total. The largest absolute Gasteiger partial charge is 0.497 e. The molecular weight excluding hydrogens is 509 g/mol. The number of benzene rings is 1. The third-order valence-electron chi connectivity index (χ3n) is 7.11. The zero-order valence-electron chi connectivity index (χ0n) is 21.8. The molecule has 4 N–H and O–H groups in total. The van der Waals surface area contributed by atoms with E-state index in [1.54, 1.807) is 24.3 Å². The molecule has 0 saturated carbocycles. The van der Waals surface area contributed by atoms with Gasteiger partial charge in [0.25, 0.3) is 17.7 Å². The number of amides is 5. The van der Waals surface area contributed by atoms with Gasteiger partial charge >= 0.3 is 6.03 Å². The van der Waals surface area contributed by atoms with Crippen molar-refractivity contribution in [3.63, 3.8) is 0 Å². The zero-order chi connectivity index (χ0) is 27.9. The lowest BCUT2D eigenvalue weighted by molar-refractivity contribution is -0.124. The summed E-state index contributed by atoms with van der Waals surface area (Å²) < 4.78 is 26.1. The number of rotatable bonds is 9. The average molecular weight is 540 g/mol. The molecule has 3 aliphatic heterocycles. The Labute approximate surface area is 224 Å². The minimum absolute atomic E-state index is 0.0743. The maximum Gasteiger partial charge on any atom is 0.322 e. The van der Waals surface area contributed by atoms with Gasteiger partial charge in [-0.15, -0.1) is 0 Å². The van der Waals surface area contributed by atoms with Crippen LogP contribution in [0, 0.1) is 5.92 Å². The Hall–Kier alpha value is -4.19. The number of methoxy groups -OCH3 is 1. The van der Waals surface area contributed by atoms with E-state index in [-0.39, 0.29) is 36.4 Å². The fraction of sp³-hybridized carbons (Fsp3) is 0.407. The van der Waals surface area contributed by atoms with Gasteiger partial charge in [0.05, 0.1) is 19.2 Å². The molecule has 206 valence electrons. The first-order valence-electron chi connectivity index (χ1n) is 12.7. The molecule has 3 heterocycles. The number of halogens is 1. The predicted octanol–water partition coefficient (Wildman–Crippen LogP) is 1.04. The van der Waals surface area contributed by atoms with Crippen molar-refractivity contribution in [2.75, 3.05) is 26.7 Å². The predicted molar refractivity (Wildman–Crippen MR) is 137 cm³/mol. The number of fused-ring (bicyclic) bond motifs is 2. The van der Waals surface area contributed by atoms with E-state index in [9.17, 15) is 23.6 Å². The quantitative estimate of drug-likeness (QED) is 0.272. The molecule has 1 aromatic carbocycles. The lowest BCUT2D eigenvalue weighted by Gasteiger charge is -2.32. The zero-order valence-corrected chi connectivity index (χ0v) is 21.8. The lowest BCUT2D eigenvalue weighted by Crippen LogP contribution is -2.57. The van der Waals surface area contributed by atoms with Crippen LogP contribution in [0.2, 0.25) is 0 Å². The van der Waals surface area contributed by atoms with Crippen LogP contribution in [0.5, 0.6) is 5.75 Å². The van der Waals surface area contributed by atoms with Crippen molar-refractivity contribution in [1.82, 2.24) is 26.2 Å². The van der Waals surface area contributed by atoms with Crippen LogP contribution in [-0.2, 0) is 20.9 Å². The number of imide groups is 1. The third kappa shape index (κ3) is 4.87. The summed E-state index contributed by atoms with van der Waals surface area (Å²) in [6.45, 7) is 4.82. The van der Waals surface area contributed by atoms with Crippen LogP contribution < -0.4 is 26.0 Å². The van der Waals surface area contributed by atoms with Gasteiger partial charge in [-0.3, -0.25) is 19.7 Å². The van der Waals surface area contributed by atoms with Crippen molar-refractivity contribution in [3.05, 3.63) is 64.7 Å². The van der Waals surface area contributed by atoms with E-state index in [4.69, 9.17) is 9.47 Å². The maximum atomic E-state index is 14.9. The molecule has 1 aromatic rings. The first-order valence-corrected chi connectivity index (χ1v) is 12.7. The van der Waals surface area contributed by atoms with E-state index >= 15 is 0 Å². The van der Waals surface area contributed by atoms with Crippen LogP contribution in [0.4, 0.5) is 9.18 Å². The number of carbonyl (C=O) groups excluding carboxylic acids is 4. The number of nitrogens with one attached hydrogen (secondary N) is 4. The highest BCUT2D eigenvalue weighted by atomic mass is 19.1. The van der Waals surface area contributed by atoms with Crippen LogP contribution in [0.1, 0.15) is 29.8 Å². The van der Waals surface area contributed by atoms with Gasteiger partial charge in [-0.25, -0.2) is 9.18 Å². The first kappa shape index (κ1) is 26.4. The Balaban J connectivity index is 1.37. The third-order valence-corrected chi connectivity index (χ3v) is 7.11. The molecule has 3 atom stereocenters. The average Bonchev–Trinajstić information content (AvgIpc) is 3.54. The molecule has 0 aromatic heterocycles. The molecule has 1 aliphatic carbocycles. The summed E-state index contributed by atoms with van der Waals surface area (Å²) in [5, 5.41) is 10.7. The molecule has 1 saturated heterocycles. The van der Waals surface area contributed by atoms with Crippen LogP contribution in [0.3, 0.4) is 0 Å². The monoisotopic (exact) mass is 539 g/mol. The Morgan fingerprint density at radius 1 is 1.23 bits per heavy atom. The van der Waals surface area contributed by atoms with E-state index in [0.29, 0.717) is 24.4 Å². The summed E-state index contributed by atoms with van der Waals surface area (Å²) in [6.07, 6.45) is 3.39. The maximum absolute atomic E-state index is 14.9. The number of hydrogen-bond donors (Lipinski definition) is 4. The van der Waals surface area contributed by atoms with Crippen molar-refractivity contribution in [3.8, 4) is 5.75 Å². The van der Waals surface area contributed by atoms with Gasteiger partial charge in [0.2, 0.25) is 0 Å². The molecule has 4 aliphatic rings. The second-order valence-electron chi connectivity index (χ2n) is 10.1. The van der Waals surface area contributed by atoms with E-state index in [2.05, 4.69) is 21.3 Å². The Morgan fingerprint density at radius 2 is 2.03 bits per heavy atom. The molecule has 3 unspecified atom stereocenters. The second-order valence-corrected chi connectivity index (χ2v) is 10.1. The molecule has 0 radical (unpaired) electrons. The van der Waals surface area contributed by atoms with Crippen LogP contribution >= 0.6 is 0 Å². The highest BCUT2D eigenvalue weighted by Gasteiger charge is 2.55. The lowest BCUT2D eigenvalue weighted by atomic mass is 9.90. The molecule has 5 rings (SSSR count). The van der Waals surface area contributed by atoms with Crippen molar-refractivity contribution < 1.29 is 33.0 Å². The fourth-order valence-corrected chi connectivity index (χ4v) is 5.12. The Bertz CT molecular complexity index is 1340. The minimum atomic E-state index is -1.72. The summed E-state index contributed by atoms with van der Waals surface area (Å²) in [5.74, 6) is -2.29. The molecular formula is C27H30FN5O6. The van der Waals surface area contributed by atoms with E-state index in [1.807, 2.05) is 13.8 Å². The summed E-state index contributed by atoms with van der Waals surface area (Å²) >= 11 is 0. The molecule has 39 heavy (non-hydrogen) atoms. The molecule has 0 spiro atoms. The van der Waals surface area contributed by atoms with Crippen LogP contribution in [-0.4, -0.2) is 73.1 Å². The standard InChI is InChI=1S/C27H30FN5O6/c1-14(2)29-6-7-30-23(34)19-8-16-9-22(39-21(16)11-20(19)28)27(25(36)31-26(37)32-27)13-33-12-15-4-5-17(38-3)10-18(15)24(33)35/h4-5,8-11,14,16,21,29H,6-7,12-13H2,1-3H3,(H,30,34)(H2,31,32,36,37). The van der Waals surface area contributed by atoms with Gasteiger partial charge in [-0.1, -0.05) is 26.0 Å². The SMILES string of the molecule is COc1ccc2c(c1)C(=O)N(CC1(C3=CC4C=C(C(=O)NCCNC(C)C)C(F)=CC4O3)NC(=O)NC1=O)C2. The van der Waals surface area contributed by atoms with Gasteiger partial charge in [0, 0.05) is 37.2 Å². The van der Waals surface area contributed by atoms with E-state index in [0.717, 1.165) is 5.56 Å². The number of ether oxygens (including phenoxy) is 2. The van der Waals surface area contributed by atoms with Crippen molar-refractivity contribution in [1.29, 1.82) is 0 Å². The molecule has 1 fully saturated rings. The highest BCUT2D eigenvalue weighted by Crippen LogP contribution is 2.39. The van der Waals surface area contributed by atoms with Crippen LogP contribution in [0.25, 0.3) is 0 Å². The van der Waals surface area contributed by atoms with E-state index < -0.39 is 41.2 Å². The Morgan fingerprint density at radius 3 is 2.72 bits per heavy atom. The smallest absolute Gasteiger partial charge is 0.322 e. The number of urea groups is 1. The summed E-state index contributed by atoms with van der Waals surface area (Å²) in [5.41, 5.74) is -0.659. The van der Waals surface area contributed by atoms with Crippen molar-refractivity contribution in [2.45, 2.75) is 38.1 Å². The summed E-state index contributed by atoms with van der Waals surface area (Å²) in [6, 6.07) is 4.65. The van der Waals surface area contributed by atoms with Crippen LogP contribution in [0.15, 0.2) is 53.6 Å². The second kappa shape index (κ2) is 10.2. The van der Waals surface area contributed by atoms with Gasteiger partial charge in [-0.05, 0) is 29.8 Å². The summed E-state index contributed by atoms with van der Waals surface area (Å²) in [7, 11) is 1.50. The normalized spacial score (nSPS) is 25.3. The fourth-order valence-electron chi connectivity index (χ4n) is 5.12. The van der Waals surface area contributed by atoms with Gasteiger partial charge in [0.1, 0.15) is 23.4 Å². The van der Waals surface area contributed by atoms with Gasteiger partial charge in [0.15, 0.2) is 5.54 Å². The van der Waals surface area contributed by atoms with E-state index in [1.165, 1.54) is 24.2 Å². The number of nitrogens with zero attached hydrogens (tertiary/aromatic N) is 1. The Kier molecular flexibility index (Phi) is 6.89. The topological polar surface area (TPSA) is 138 Å². The van der Waals surface area contributed by atoms with Crippen molar-refractivity contribution >= 4 is 23.8 Å². The van der Waals surface area contributed by atoms with Gasteiger partial charge < -0.3 is 30.3 Å². The molecule has 0 bridgehead atoms. The number of carbonyl (C=O) groups is 4. The first-order chi connectivity index (χ1) is 18.6. The highest BCUT2D eigenvalue weighted by molar-refractivity contribution is 6.10.